The number of allylic oxidation sites excluding steroid dienone is 8. The van der Waals surface area contributed by atoms with E-state index in [4.69, 9.17) is 0 Å². The summed E-state index contributed by atoms with van der Waals surface area (Å²) in [6.45, 7) is 16.5. The van der Waals surface area contributed by atoms with Crippen LogP contribution in [0.15, 0.2) is 84.2 Å². The van der Waals surface area contributed by atoms with E-state index in [0.29, 0.717) is 0 Å². The van der Waals surface area contributed by atoms with Crippen molar-refractivity contribution >= 4 is 16.9 Å². The van der Waals surface area contributed by atoms with Gasteiger partial charge in [0, 0.05) is 0 Å². The van der Waals surface area contributed by atoms with Crippen molar-refractivity contribution in [2.75, 3.05) is 0 Å². The zero-order valence-electron chi connectivity index (χ0n) is 12.9. The van der Waals surface area contributed by atoms with E-state index in [-0.39, 0.29) is 0 Å². The second-order valence-electron chi connectivity index (χ2n) is 4.77. The molecule has 0 N–H and O–H groups in total. The van der Waals surface area contributed by atoms with Gasteiger partial charge in [0.2, 0.25) is 0 Å². The van der Waals surface area contributed by atoms with Gasteiger partial charge in [-0.3, -0.25) is 0 Å². The lowest BCUT2D eigenvalue weighted by atomic mass is 9.92. The maximum absolute atomic E-state index is 4.16. The van der Waals surface area contributed by atoms with Gasteiger partial charge in [0.1, 0.15) is 0 Å². The summed E-state index contributed by atoms with van der Waals surface area (Å²) < 4.78 is 0. The van der Waals surface area contributed by atoms with Gasteiger partial charge in [0.15, 0.2) is 0 Å². The van der Waals surface area contributed by atoms with Crippen molar-refractivity contribution in [1.29, 1.82) is 0 Å². The first kappa shape index (κ1) is 17.2. The van der Waals surface area contributed by atoms with Crippen molar-refractivity contribution in [3.8, 4) is 0 Å². The average molecular weight is 296 g/mol. The van der Waals surface area contributed by atoms with Gasteiger partial charge >= 0.3 is 0 Å². The molecule has 1 aliphatic rings. The Kier molecular flexibility index (Phi) is 7.49. The number of hydrogen-bond donors (Lipinski definition) is 0. The summed E-state index contributed by atoms with van der Waals surface area (Å²) in [4.78, 5) is 0. The molecular weight excluding hydrogens is 272 g/mol. The van der Waals surface area contributed by atoms with Gasteiger partial charge in [-0.25, -0.2) is 0 Å². The maximum Gasteiger partial charge on any atom is -0.00149 e. The monoisotopic (exact) mass is 296 g/mol. The van der Waals surface area contributed by atoms with Gasteiger partial charge in [-0.2, -0.15) is 11.3 Å². The number of rotatable bonds is 5. The van der Waals surface area contributed by atoms with E-state index in [2.05, 4.69) is 74.4 Å². The third kappa shape index (κ3) is 5.20. The lowest BCUT2D eigenvalue weighted by Gasteiger charge is -2.13. The van der Waals surface area contributed by atoms with Crippen LogP contribution < -0.4 is 0 Å². The van der Waals surface area contributed by atoms with Crippen LogP contribution in [0.3, 0.4) is 0 Å². The van der Waals surface area contributed by atoms with E-state index in [1.165, 1.54) is 23.1 Å². The Labute approximate surface area is 133 Å². The van der Waals surface area contributed by atoms with Crippen LogP contribution >= 0.6 is 11.3 Å². The molecule has 0 radical (unpaired) electrons. The summed E-state index contributed by atoms with van der Waals surface area (Å²) in [5.74, 6) is 0. The zero-order valence-corrected chi connectivity index (χ0v) is 13.7. The molecule has 21 heavy (non-hydrogen) atoms. The fourth-order valence-electron chi connectivity index (χ4n) is 2.09. The van der Waals surface area contributed by atoms with Crippen molar-refractivity contribution in [3.05, 3.63) is 89.7 Å². The average Bonchev–Trinajstić information content (AvgIpc) is 3.09. The zero-order chi connectivity index (χ0) is 15.7. The predicted octanol–water partition coefficient (Wildman–Crippen LogP) is 6.73. The molecule has 0 nitrogen and oxygen atoms in total. The first-order chi connectivity index (χ1) is 10.2. The molecule has 1 aromatic heterocycles. The Hall–Kier alpha value is -1.86. The third-order valence-electron chi connectivity index (χ3n) is 3.48. The minimum absolute atomic E-state index is 1.04. The number of thiophene rings is 1. The highest BCUT2D eigenvalue weighted by Crippen LogP contribution is 2.26. The van der Waals surface area contributed by atoms with E-state index in [1.807, 2.05) is 0 Å². The van der Waals surface area contributed by atoms with Crippen molar-refractivity contribution in [3.63, 3.8) is 0 Å². The molecular formula is C20H24S. The van der Waals surface area contributed by atoms with Crippen molar-refractivity contribution in [2.45, 2.75) is 26.2 Å². The highest BCUT2D eigenvalue weighted by atomic mass is 32.1. The van der Waals surface area contributed by atoms with Gasteiger partial charge in [0.25, 0.3) is 0 Å². The topological polar surface area (TPSA) is 0 Å². The van der Waals surface area contributed by atoms with Crippen molar-refractivity contribution in [1.82, 2.24) is 0 Å². The van der Waals surface area contributed by atoms with E-state index in [0.717, 1.165) is 24.0 Å². The van der Waals surface area contributed by atoms with E-state index in [1.54, 1.807) is 11.3 Å². The van der Waals surface area contributed by atoms with Crippen LogP contribution in [0.25, 0.3) is 5.57 Å². The quantitative estimate of drug-likeness (QED) is 0.417. The molecule has 0 saturated carbocycles. The van der Waals surface area contributed by atoms with Crippen LogP contribution in [-0.2, 0) is 0 Å². The lowest BCUT2D eigenvalue weighted by Crippen LogP contribution is -1.94. The van der Waals surface area contributed by atoms with Crippen molar-refractivity contribution < 1.29 is 0 Å². The van der Waals surface area contributed by atoms with Crippen LogP contribution in [0.5, 0.6) is 0 Å². The van der Waals surface area contributed by atoms with Gasteiger partial charge in [-0.15, -0.1) is 13.2 Å². The molecule has 0 bridgehead atoms. The molecule has 1 aliphatic carbocycles. The summed E-state index contributed by atoms with van der Waals surface area (Å²) in [6, 6.07) is 2.09. The number of hydrogen-bond acceptors (Lipinski definition) is 1. The van der Waals surface area contributed by atoms with Crippen LogP contribution in [0.1, 0.15) is 31.7 Å². The normalized spacial score (nSPS) is 14.0. The molecule has 1 aromatic rings. The molecule has 110 valence electrons. The molecule has 1 heterocycles. The first-order valence-corrected chi connectivity index (χ1v) is 8.12. The molecule has 0 unspecified atom stereocenters. The molecule has 0 atom stereocenters. The summed E-state index contributed by atoms with van der Waals surface area (Å²) in [6.07, 6.45) is 12.0. The molecule has 0 aliphatic heterocycles. The summed E-state index contributed by atoms with van der Waals surface area (Å²) in [7, 11) is 0. The second-order valence-corrected chi connectivity index (χ2v) is 5.55. The SMILES string of the molecule is C=C.C=C(/C=C\C(=C)c1ccsc1)C1=CC=C(CC)CC1. The maximum atomic E-state index is 4.16. The van der Waals surface area contributed by atoms with Gasteiger partial charge in [-0.1, -0.05) is 50.0 Å². The standard InChI is InChI=1S/C18H20S.C2H4/c1-4-16-7-9-17(10-8-16)14(2)5-6-15(3)18-11-12-19-13-18;1-2/h5-7,9,11-13H,2-4,8,10H2,1H3;1-2H2/b6-5-;. The van der Waals surface area contributed by atoms with Gasteiger partial charge in [-0.05, 0) is 58.4 Å². The highest BCUT2D eigenvalue weighted by Gasteiger charge is 2.06. The van der Waals surface area contributed by atoms with Crippen LogP contribution in [0.4, 0.5) is 0 Å². The predicted molar refractivity (Wildman–Crippen MR) is 98.6 cm³/mol. The molecule has 0 fully saturated rings. The Morgan fingerprint density at radius 2 is 1.86 bits per heavy atom. The smallest absolute Gasteiger partial charge is 0.00149 e. The molecule has 0 aromatic carbocycles. The second kappa shape index (κ2) is 9.15. The molecule has 0 amide bonds. The van der Waals surface area contributed by atoms with Crippen LogP contribution in [-0.4, -0.2) is 0 Å². The summed E-state index contributed by atoms with van der Waals surface area (Å²) in [5.41, 5.74) is 6.21. The Morgan fingerprint density at radius 1 is 1.14 bits per heavy atom. The van der Waals surface area contributed by atoms with Crippen LogP contribution in [0, 0.1) is 0 Å². The fourth-order valence-corrected chi connectivity index (χ4v) is 2.77. The Balaban J connectivity index is 0.00000106. The molecule has 1 heteroatoms. The van der Waals surface area contributed by atoms with E-state index >= 15 is 0 Å². The first-order valence-electron chi connectivity index (χ1n) is 7.18. The van der Waals surface area contributed by atoms with Gasteiger partial charge < -0.3 is 0 Å². The minimum Gasteiger partial charge on any atom is -0.152 e. The molecule has 2 rings (SSSR count). The lowest BCUT2D eigenvalue weighted by molar-refractivity contribution is 0.867. The van der Waals surface area contributed by atoms with Gasteiger partial charge in [0.05, 0.1) is 0 Å². The van der Waals surface area contributed by atoms with E-state index in [9.17, 15) is 0 Å². The highest BCUT2D eigenvalue weighted by molar-refractivity contribution is 7.08. The summed E-state index contributed by atoms with van der Waals surface area (Å²) in [5, 5.41) is 4.19. The van der Waals surface area contributed by atoms with Crippen LogP contribution in [0.2, 0.25) is 0 Å². The third-order valence-corrected chi connectivity index (χ3v) is 4.16. The minimum atomic E-state index is 1.04. The Bertz CT molecular complexity index is 565. The summed E-state index contributed by atoms with van der Waals surface area (Å²) >= 11 is 1.70. The largest absolute Gasteiger partial charge is 0.152 e. The fraction of sp³-hybridized carbons (Fsp3) is 0.200. The molecule has 0 spiro atoms. The van der Waals surface area contributed by atoms with Crippen molar-refractivity contribution in [2.24, 2.45) is 0 Å². The molecule has 0 saturated heterocycles. The van der Waals surface area contributed by atoms with E-state index < -0.39 is 0 Å². The Morgan fingerprint density at radius 3 is 2.38 bits per heavy atom.